The number of hydrogen-bond acceptors (Lipinski definition) is 5. The molecule has 114 valence electrons. The Labute approximate surface area is 123 Å². The van der Waals surface area contributed by atoms with E-state index in [9.17, 15) is 14.7 Å². The predicted molar refractivity (Wildman–Crippen MR) is 74.6 cm³/mol. The van der Waals surface area contributed by atoms with Crippen molar-refractivity contribution in [1.29, 1.82) is 0 Å². The number of carbonyl (C=O) groups excluding carboxylic acids is 2. The molecule has 0 saturated heterocycles. The van der Waals surface area contributed by atoms with Crippen molar-refractivity contribution < 1.29 is 24.2 Å². The summed E-state index contributed by atoms with van der Waals surface area (Å²) in [5.74, 6) is -0.312. The number of hydrogen-bond donors (Lipinski definition) is 2. The van der Waals surface area contributed by atoms with Gasteiger partial charge in [-0.1, -0.05) is 12.1 Å². The van der Waals surface area contributed by atoms with Crippen LogP contribution in [0, 0.1) is 5.92 Å². The van der Waals surface area contributed by atoms with Crippen molar-refractivity contribution in [3.8, 4) is 5.75 Å². The highest BCUT2D eigenvalue weighted by atomic mass is 16.5. The molecule has 1 aromatic rings. The Hall–Kier alpha value is -2.08. The van der Waals surface area contributed by atoms with Crippen molar-refractivity contribution >= 4 is 11.9 Å². The summed E-state index contributed by atoms with van der Waals surface area (Å²) in [4.78, 5) is 23.6. The fourth-order valence-electron chi connectivity index (χ4n) is 2.00. The van der Waals surface area contributed by atoms with E-state index in [1.165, 1.54) is 7.11 Å². The monoisotopic (exact) mass is 293 g/mol. The van der Waals surface area contributed by atoms with Crippen LogP contribution >= 0.6 is 0 Å². The van der Waals surface area contributed by atoms with Gasteiger partial charge in [0.1, 0.15) is 11.9 Å². The Morgan fingerprint density at radius 1 is 1.24 bits per heavy atom. The molecule has 1 saturated carbocycles. The van der Waals surface area contributed by atoms with E-state index in [-0.39, 0.29) is 11.8 Å². The molecule has 1 amide bonds. The summed E-state index contributed by atoms with van der Waals surface area (Å²) >= 11 is 0. The zero-order chi connectivity index (χ0) is 15.4. The molecule has 1 aliphatic carbocycles. The SMILES string of the molecule is COC(=O)C(NC(=O)C1CC1)C(O)c1ccc(OC)cc1. The molecule has 0 aliphatic heterocycles. The molecule has 0 radical (unpaired) electrons. The minimum Gasteiger partial charge on any atom is -0.497 e. The Bertz CT molecular complexity index is 509. The van der Waals surface area contributed by atoms with E-state index in [1.807, 2.05) is 0 Å². The first-order chi connectivity index (χ1) is 10.1. The molecule has 2 N–H and O–H groups in total. The third-order valence-corrected chi connectivity index (χ3v) is 3.47. The molecular weight excluding hydrogens is 274 g/mol. The smallest absolute Gasteiger partial charge is 0.331 e. The van der Waals surface area contributed by atoms with E-state index >= 15 is 0 Å². The molecule has 6 nitrogen and oxygen atoms in total. The van der Waals surface area contributed by atoms with Crippen LogP contribution in [0.2, 0.25) is 0 Å². The number of benzene rings is 1. The highest BCUT2D eigenvalue weighted by Crippen LogP contribution is 2.30. The van der Waals surface area contributed by atoms with Gasteiger partial charge in [0.25, 0.3) is 0 Å². The third-order valence-electron chi connectivity index (χ3n) is 3.47. The van der Waals surface area contributed by atoms with Gasteiger partial charge in [0.15, 0.2) is 6.04 Å². The van der Waals surface area contributed by atoms with Crippen molar-refractivity contribution in [3.05, 3.63) is 29.8 Å². The second kappa shape index (κ2) is 6.58. The van der Waals surface area contributed by atoms with Crippen molar-refractivity contribution in [1.82, 2.24) is 5.32 Å². The summed E-state index contributed by atoms with van der Waals surface area (Å²) in [5.41, 5.74) is 0.502. The van der Waals surface area contributed by atoms with Crippen LogP contribution in [0.4, 0.5) is 0 Å². The largest absolute Gasteiger partial charge is 0.497 e. The summed E-state index contributed by atoms with van der Waals surface area (Å²) in [5, 5.41) is 12.9. The van der Waals surface area contributed by atoms with E-state index < -0.39 is 18.1 Å². The van der Waals surface area contributed by atoms with Crippen molar-refractivity contribution in [2.75, 3.05) is 14.2 Å². The van der Waals surface area contributed by atoms with Crippen LogP contribution in [0.15, 0.2) is 24.3 Å². The van der Waals surface area contributed by atoms with Crippen LogP contribution in [-0.2, 0) is 14.3 Å². The van der Waals surface area contributed by atoms with Crippen molar-refractivity contribution in [2.24, 2.45) is 5.92 Å². The first kappa shape index (κ1) is 15.3. The first-order valence-corrected chi connectivity index (χ1v) is 6.77. The first-order valence-electron chi connectivity index (χ1n) is 6.77. The van der Waals surface area contributed by atoms with E-state index in [1.54, 1.807) is 31.4 Å². The quantitative estimate of drug-likeness (QED) is 0.758. The molecule has 21 heavy (non-hydrogen) atoms. The zero-order valence-corrected chi connectivity index (χ0v) is 12.0. The van der Waals surface area contributed by atoms with Gasteiger partial charge in [-0.25, -0.2) is 4.79 Å². The van der Waals surface area contributed by atoms with E-state index in [0.29, 0.717) is 11.3 Å². The Morgan fingerprint density at radius 2 is 1.86 bits per heavy atom. The lowest BCUT2D eigenvalue weighted by Gasteiger charge is -2.22. The summed E-state index contributed by atoms with van der Waals surface area (Å²) < 4.78 is 9.70. The van der Waals surface area contributed by atoms with Gasteiger partial charge in [-0.05, 0) is 30.5 Å². The molecule has 2 rings (SSSR count). The van der Waals surface area contributed by atoms with Crippen LogP contribution in [0.5, 0.6) is 5.75 Å². The highest BCUT2D eigenvalue weighted by molar-refractivity contribution is 5.87. The van der Waals surface area contributed by atoms with Gasteiger partial charge in [-0.3, -0.25) is 4.79 Å². The van der Waals surface area contributed by atoms with E-state index in [0.717, 1.165) is 12.8 Å². The van der Waals surface area contributed by atoms with Crippen LogP contribution in [0.3, 0.4) is 0 Å². The molecule has 2 atom stereocenters. The molecule has 0 bridgehead atoms. The zero-order valence-electron chi connectivity index (χ0n) is 12.0. The lowest BCUT2D eigenvalue weighted by atomic mass is 10.0. The maximum absolute atomic E-state index is 11.8. The molecule has 1 fully saturated rings. The number of aliphatic hydroxyl groups excluding tert-OH is 1. The second-order valence-electron chi connectivity index (χ2n) is 5.00. The van der Waals surface area contributed by atoms with Crippen LogP contribution < -0.4 is 10.1 Å². The van der Waals surface area contributed by atoms with Crippen LogP contribution in [0.1, 0.15) is 24.5 Å². The third kappa shape index (κ3) is 3.72. The maximum atomic E-state index is 11.8. The number of rotatable bonds is 6. The second-order valence-corrected chi connectivity index (χ2v) is 5.00. The van der Waals surface area contributed by atoms with Gasteiger partial charge in [0, 0.05) is 5.92 Å². The van der Waals surface area contributed by atoms with Gasteiger partial charge in [-0.15, -0.1) is 0 Å². The molecule has 6 heteroatoms. The van der Waals surface area contributed by atoms with Crippen molar-refractivity contribution in [2.45, 2.75) is 25.0 Å². The summed E-state index contributed by atoms with van der Waals surface area (Å²) in [6, 6.07) is 5.52. The number of ether oxygens (including phenoxy) is 2. The average molecular weight is 293 g/mol. The standard InChI is InChI=1S/C15H19NO5/c1-20-11-7-5-9(6-8-11)13(17)12(15(19)21-2)16-14(18)10-3-4-10/h5-8,10,12-13,17H,3-4H2,1-2H3,(H,16,18). The maximum Gasteiger partial charge on any atom is 0.331 e. The predicted octanol–water partition coefficient (Wildman–Crippen LogP) is 0.796. The topological polar surface area (TPSA) is 84.9 Å². The van der Waals surface area contributed by atoms with Crippen molar-refractivity contribution in [3.63, 3.8) is 0 Å². The van der Waals surface area contributed by atoms with Gasteiger partial charge >= 0.3 is 5.97 Å². The van der Waals surface area contributed by atoms with Crippen LogP contribution in [0.25, 0.3) is 0 Å². The Kier molecular flexibility index (Phi) is 4.80. The van der Waals surface area contributed by atoms with Gasteiger partial charge < -0.3 is 19.9 Å². The van der Waals surface area contributed by atoms with Crippen LogP contribution in [-0.4, -0.2) is 37.2 Å². The number of amides is 1. The Balaban J connectivity index is 2.13. The number of esters is 1. The molecule has 2 unspecified atom stereocenters. The minimum absolute atomic E-state index is 0.0553. The molecule has 1 aliphatic rings. The molecule has 1 aromatic carbocycles. The van der Waals surface area contributed by atoms with Gasteiger partial charge in [0.05, 0.1) is 14.2 Å². The number of nitrogens with one attached hydrogen (secondary N) is 1. The normalized spacial score (nSPS) is 16.7. The average Bonchev–Trinajstić information content (AvgIpc) is 3.36. The molecule has 0 heterocycles. The van der Waals surface area contributed by atoms with Gasteiger partial charge in [0.2, 0.25) is 5.91 Å². The number of aliphatic hydroxyl groups is 1. The lowest BCUT2D eigenvalue weighted by Crippen LogP contribution is -2.46. The van der Waals surface area contributed by atoms with E-state index in [4.69, 9.17) is 4.74 Å². The number of carbonyl (C=O) groups is 2. The highest BCUT2D eigenvalue weighted by Gasteiger charge is 2.36. The summed E-state index contributed by atoms with van der Waals surface area (Å²) in [6.45, 7) is 0. The summed E-state index contributed by atoms with van der Waals surface area (Å²) in [7, 11) is 2.76. The van der Waals surface area contributed by atoms with Gasteiger partial charge in [-0.2, -0.15) is 0 Å². The lowest BCUT2D eigenvalue weighted by molar-refractivity contribution is -0.148. The fourth-order valence-corrected chi connectivity index (χ4v) is 2.00. The molecule has 0 spiro atoms. The molecular formula is C15H19NO5. The summed E-state index contributed by atoms with van der Waals surface area (Å²) in [6.07, 6.45) is 0.461. The Morgan fingerprint density at radius 3 is 2.33 bits per heavy atom. The van der Waals surface area contributed by atoms with E-state index in [2.05, 4.69) is 10.1 Å². The molecule has 0 aromatic heterocycles. The fraction of sp³-hybridized carbons (Fsp3) is 0.467. The minimum atomic E-state index is -1.17. The number of methoxy groups -OCH3 is 2.